The van der Waals surface area contributed by atoms with Gasteiger partial charge in [0.05, 0.1) is 12.7 Å². The third-order valence-electron chi connectivity index (χ3n) is 3.68. The van der Waals surface area contributed by atoms with Crippen LogP contribution in [0.4, 0.5) is 13.2 Å². The fourth-order valence-corrected chi connectivity index (χ4v) is 2.28. The minimum Gasteiger partial charge on any atom is -0.497 e. The predicted molar refractivity (Wildman–Crippen MR) is 88.9 cm³/mol. The number of carbonyl (C=O) groups is 1. The van der Waals surface area contributed by atoms with Crippen molar-refractivity contribution in [2.75, 3.05) is 7.11 Å². The van der Waals surface area contributed by atoms with Crippen LogP contribution in [-0.2, 0) is 12.7 Å². The fourth-order valence-electron chi connectivity index (χ4n) is 2.28. The van der Waals surface area contributed by atoms with Gasteiger partial charge in [-0.2, -0.15) is 18.2 Å². The van der Waals surface area contributed by atoms with E-state index < -0.39 is 17.6 Å². The van der Waals surface area contributed by atoms with E-state index in [0.29, 0.717) is 11.3 Å². The lowest BCUT2D eigenvalue weighted by atomic mass is 10.1. The van der Waals surface area contributed by atoms with E-state index in [2.05, 4.69) is 15.5 Å². The van der Waals surface area contributed by atoms with Gasteiger partial charge in [-0.25, -0.2) is 0 Å². The summed E-state index contributed by atoms with van der Waals surface area (Å²) in [5, 5.41) is 6.25. The average molecular weight is 377 g/mol. The molecule has 3 rings (SSSR count). The van der Waals surface area contributed by atoms with Crippen molar-refractivity contribution in [2.24, 2.45) is 0 Å². The second-order valence-corrected chi connectivity index (χ2v) is 5.53. The zero-order valence-corrected chi connectivity index (χ0v) is 14.1. The van der Waals surface area contributed by atoms with Crippen LogP contribution in [0.3, 0.4) is 0 Å². The predicted octanol–water partition coefficient (Wildman–Crippen LogP) is 3.69. The molecule has 3 aromatic rings. The maximum atomic E-state index is 12.6. The highest BCUT2D eigenvalue weighted by Gasteiger charge is 2.30. The number of aromatic nitrogens is 2. The van der Waals surface area contributed by atoms with Crippen molar-refractivity contribution in [3.63, 3.8) is 0 Å². The van der Waals surface area contributed by atoms with E-state index in [0.717, 1.165) is 17.7 Å². The average Bonchev–Trinajstić information content (AvgIpc) is 3.16. The quantitative estimate of drug-likeness (QED) is 0.734. The molecule has 0 atom stereocenters. The number of amides is 1. The summed E-state index contributed by atoms with van der Waals surface area (Å²) in [4.78, 5) is 16.0. The van der Waals surface area contributed by atoms with Crippen molar-refractivity contribution in [1.29, 1.82) is 0 Å². The molecule has 9 heteroatoms. The SMILES string of the molecule is COc1cccc(CNC(=O)c2nc(-c3ccc(C(F)(F)F)cc3)no2)c1. The van der Waals surface area contributed by atoms with E-state index in [9.17, 15) is 18.0 Å². The summed E-state index contributed by atoms with van der Waals surface area (Å²) >= 11 is 0. The number of ether oxygens (including phenoxy) is 1. The number of hydrogen-bond acceptors (Lipinski definition) is 5. The lowest BCUT2D eigenvalue weighted by molar-refractivity contribution is -0.137. The Labute approximate surface area is 152 Å². The van der Waals surface area contributed by atoms with Crippen LogP contribution in [0.5, 0.6) is 5.75 Å². The summed E-state index contributed by atoms with van der Waals surface area (Å²) in [6.07, 6.45) is -4.43. The second-order valence-electron chi connectivity index (χ2n) is 5.53. The Bertz CT molecular complexity index is 937. The second kappa shape index (κ2) is 7.48. The molecule has 6 nitrogen and oxygen atoms in total. The Morgan fingerprint density at radius 2 is 1.93 bits per heavy atom. The van der Waals surface area contributed by atoms with Crippen molar-refractivity contribution in [3.8, 4) is 17.1 Å². The number of nitrogens with zero attached hydrogens (tertiary/aromatic N) is 2. The van der Waals surface area contributed by atoms with Gasteiger partial charge >= 0.3 is 18.0 Å². The fraction of sp³-hybridized carbons (Fsp3) is 0.167. The van der Waals surface area contributed by atoms with Crippen LogP contribution in [-0.4, -0.2) is 23.2 Å². The Hall–Kier alpha value is -3.36. The molecule has 0 spiro atoms. The molecule has 1 N–H and O–H groups in total. The van der Waals surface area contributed by atoms with Gasteiger partial charge < -0.3 is 14.6 Å². The molecule has 1 aromatic heterocycles. The molecule has 1 heterocycles. The largest absolute Gasteiger partial charge is 0.497 e. The molecule has 140 valence electrons. The molecule has 0 saturated heterocycles. The molecule has 0 bridgehead atoms. The highest BCUT2D eigenvalue weighted by atomic mass is 19.4. The van der Waals surface area contributed by atoms with E-state index >= 15 is 0 Å². The van der Waals surface area contributed by atoms with Crippen LogP contribution in [0.25, 0.3) is 11.4 Å². The van der Waals surface area contributed by atoms with E-state index in [1.54, 1.807) is 25.3 Å². The van der Waals surface area contributed by atoms with Crippen molar-refractivity contribution >= 4 is 5.91 Å². The monoisotopic (exact) mass is 377 g/mol. The van der Waals surface area contributed by atoms with E-state index in [1.165, 1.54) is 12.1 Å². The first-order valence-electron chi connectivity index (χ1n) is 7.79. The lowest BCUT2D eigenvalue weighted by Crippen LogP contribution is -2.23. The van der Waals surface area contributed by atoms with Crippen LogP contribution in [0.15, 0.2) is 53.1 Å². The molecule has 2 aromatic carbocycles. The maximum Gasteiger partial charge on any atom is 0.416 e. The van der Waals surface area contributed by atoms with Crippen molar-refractivity contribution in [2.45, 2.75) is 12.7 Å². The summed E-state index contributed by atoms with van der Waals surface area (Å²) in [5.41, 5.74) is 0.328. The number of halogens is 3. The van der Waals surface area contributed by atoms with E-state index in [-0.39, 0.29) is 18.3 Å². The minimum absolute atomic E-state index is 0.0234. The summed E-state index contributed by atoms with van der Waals surface area (Å²) in [6.45, 7) is 0.216. The van der Waals surface area contributed by atoms with E-state index in [4.69, 9.17) is 9.26 Å². The van der Waals surface area contributed by atoms with Crippen molar-refractivity contribution in [3.05, 3.63) is 65.5 Å². The topological polar surface area (TPSA) is 77.2 Å². The summed E-state index contributed by atoms with van der Waals surface area (Å²) in [6, 6.07) is 11.4. The van der Waals surface area contributed by atoms with Gasteiger partial charge in [-0.05, 0) is 29.8 Å². The smallest absolute Gasteiger partial charge is 0.416 e. The molecule has 1 amide bonds. The Kier molecular flexibility index (Phi) is 5.11. The van der Waals surface area contributed by atoms with Gasteiger partial charge in [0.1, 0.15) is 5.75 Å². The number of nitrogens with one attached hydrogen (secondary N) is 1. The molecule has 0 saturated carbocycles. The Morgan fingerprint density at radius 3 is 2.59 bits per heavy atom. The zero-order chi connectivity index (χ0) is 19.4. The first kappa shape index (κ1) is 18.4. The number of hydrogen-bond donors (Lipinski definition) is 1. The van der Waals surface area contributed by atoms with Gasteiger partial charge in [-0.3, -0.25) is 4.79 Å². The van der Waals surface area contributed by atoms with Gasteiger partial charge in [0.25, 0.3) is 0 Å². The molecule has 0 aliphatic carbocycles. The van der Waals surface area contributed by atoms with Gasteiger partial charge in [0, 0.05) is 12.1 Å². The van der Waals surface area contributed by atoms with Crippen LogP contribution in [0.2, 0.25) is 0 Å². The summed E-state index contributed by atoms with van der Waals surface area (Å²) in [7, 11) is 1.54. The molecule has 0 fully saturated rings. The van der Waals surface area contributed by atoms with E-state index in [1.807, 2.05) is 6.07 Å². The molecule has 0 aliphatic rings. The Balaban J connectivity index is 1.67. The number of rotatable bonds is 5. The lowest BCUT2D eigenvalue weighted by Gasteiger charge is -2.05. The van der Waals surface area contributed by atoms with Gasteiger partial charge in [-0.1, -0.05) is 29.4 Å². The molecular weight excluding hydrogens is 363 g/mol. The molecule has 27 heavy (non-hydrogen) atoms. The third kappa shape index (κ3) is 4.43. The standard InChI is InChI=1S/C18H14F3N3O3/c1-26-14-4-2-3-11(9-14)10-22-16(25)17-23-15(24-27-17)12-5-7-13(8-6-12)18(19,20)21/h2-9H,10H2,1H3,(H,22,25). The highest BCUT2D eigenvalue weighted by Crippen LogP contribution is 2.30. The van der Waals surface area contributed by atoms with Gasteiger partial charge in [-0.15, -0.1) is 0 Å². The van der Waals surface area contributed by atoms with Crippen LogP contribution < -0.4 is 10.1 Å². The van der Waals surface area contributed by atoms with Crippen LogP contribution in [0, 0.1) is 0 Å². The molecule has 0 radical (unpaired) electrons. The first-order valence-corrected chi connectivity index (χ1v) is 7.79. The molecular formula is C18H14F3N3O3. The number of alkyl halides is 3. The number of methoxy groups -OCH3 is 1. The number of benzene rings is 2. The van der Waals surface area contributed by atoms with Crippen molar-refractivity contribution in [1.82, 2.24) is 15.5 Å². The van der Waals surface area contributed by atoms with Gasteiger partial charge in [0.15, 0.2) is 0 Å². The Morgan fingerprint density at radius 1 is 1.19 bits per heavy atom. The van der Waals surface area contributed by atoms with Crippen molar-refractivity contribution < 1.29 is 27.2 Å². The molecule has 0 aliphatic heterocycles. The number of carbonyl (C=O) groups excluding carboxylic acids is 1. The zero-order valence-electron chi connectivity index (χ0n) is 14.1. The minimum atomic E-state index is -4.43. The maximum absolute atomic E-state index is 12.6. The molecule has 0 unspecified atom stereocenters. The normalized spacial score (nSPS) is 11.3. The first-order chi connectivity index (χ1) is 12.9. The summed E-state index contributed by atoms with van der Waals surface area (Å²) < 4.78 is 47.8. The van der Waals surface area contributed by atoms with Crippen LogP contribution in [0.1, 0.15) is 21.8 Å². The van der Waals surface area contributed by atoms with Gasteiger partial charge in [0.2, 0.25) is 5.82 Å². The highest BCUT2D eigenvalue weighted by molar-refractivity contribution is 5.89. The summed E-state index contributed by atoms with van der Waals surface area (Å²) in [5.74, 6) is -0.198. The third-order valence-corrected chi connectivity index (χ3v) is 3.68. The van der Waals surface area contributed by atoms with Crippen LogP contribution >= 0.6 is 0 Å².